The van der Waals surface area contributed by atoms with Crippen molar-refractivity contribution in [1.29, 1.82) is 0 Å². The summed E-state index contributed by atoms with van der Waals surface area (Å²) in [5.74, 6) is 0.797. The van der Waals surface area contributed by atoms with Crippen molar-refractivity contribution in [1.82, 2.24) is 14.5 Å². The van der Waals surface area contributed by atoms with Gasteiger partial charge in [0.15, 0.2) is 9.60 Å². The van der Waals surface area contributed by atoms with Crippen molar-refractivity contribution in [3.8, 4) is 0 Å². The van der Waals surface area contributed by atoms with Gasteiger partial charge < -0.3 is 4.57 Å². The van der Waals surface area contributed by atoms with E-state index in [0.717, 1.165) is 25.2 Å². The smallest absolute Gasteiger partial charge is 0.163 e. The second kappa shape index (κ2) is 3.60. The zero-order chi connectivity index (χ0) is 10.3. The van der Waals surface area contributed by atoms with Gasteiger partial charge in [-0.25, -0.2) is 9.97 Å². The van der Waals surface area contributed by atoms with Crippen molar-refractivity contribution in [2.24, 2.45) is 7.05 Å². The van der Waals surface area contributed by atoms with E-state index in [-0.39, 0.29) is 0 Å². The first-order valence-electron chi connectivity index (χ1n) is 4.01. The fourth-order valence-corrected chi connectivity index (χ4v) is 3.24. The highest BCUT2D eigenvalue weighted by Gasteiger charge is 2.09. The Morgan fingerprint density at radius 2 is 2.14 bits per heavy atom. The summed E-state index contributed by atoms with van der Waals surface area (Å²) in [6, 6.07) is 0. The van der Waals surface area contributed by atoms with Crippen LogP contribution in [0.3, 0.4) is 0 Å². The number of aryl methyl sites for hydroxylation is 2. The maximum absolute atomic E-state index is 5.21. The van der Waals surface area contributed by atoms with Crippen molar-refractivity contribution in [2.45, 2.75) is 11.9 Å². The van der Waals surface area contributed by atoms with Crippen LogP contribution in [0.15, 0.2) is 5.03 Å². The molecular formula is C8H9N3S3. The van der Waals surface area contributed by atoms with Crippen molar-refractivity contribution < 1.29 is 0 Å². The summed E-state index contributed by atoms with van der Waals surface area (Å²) in [5.41, 5.74) is 0.942. The fraction of sp³-hybridized carbons (Fsp3) is 0.375. The molecule has 0 aliphatic carbocycles. The lowest BCUT2D eigenvalue weighted by molar-refractivity contribution is 0.911. The number of aromatic nitrogens is 3. The number of hydrogen-bond donors (Lipinski definition) is 0. The second-order valence-electron chi connectivity index (χ2n) is 2.86. The third-order valence-corrected chi connectivity index (χ3v) is 4.27. The Morgan fingerprint density at radius 3 is 2.79 bits per heavy atom. The molecule has 2 aromatic heterocycles. The topological polar surface area (TPSA) is 30.7 Å². The molecule has 2 rings (SSSR count). The maximum atomic E-state index is 5.21. The van der Waals surface area contributed by atoms with E-state index in [2.05, 4.69) is 9.97 Å². The van der Waals surface area contributed by atoms with Gasteiger partial charge in [-0.1, -0.05) is 0 Å². The van der Waals surface area contributed by atoms with Gasteiger partial charge in [-0.2, -0.15) is 0 Å². The second-order valence-corrected chi connectivity index (χ2v) is 5.30. The molecule has 14 heavy (non-hydrogen) atoms. The predicted molar refractivity (Wildman–Crippen MR) is 63.7 cm³/mol. The first kappa shape index (κ1) is 10.1. The van der Waals surface area contributed by atoms with Gasteiger partial charge in [-0.05, 0) is 25.4 Å². The van der Waals surface area contributed by atoms with Crippen molar-refractivity contribution in [2.75, 3.05) is 6.26 Å². The van der Waals surface area contributed by atoms with E-state index in [1.807, 2.05) is 24.8 Å². The molecule has 2 aromatic rings. The van der Waals surface area contributed by atoms with Crippen LogP contribution in [0.1, 0.15) is 5.82 Å². The highest BCUT2D eigenvalue weighted by Crippen LogP contribution is 2.28. The van der Waals surface area contributed by atoms with Crippen LogP contribution < -0.4 is 0 Å². The largest absolute Gasteiger partial charge is 0.311 e. The Kier molecular flexibility index (Phi) is 2.59. The van der Waals surface area contributed by atoms with Gasteiger partial charge in [0.2, 0.25) is 0 Å². The van der Waals surface area contributed by atoms with Gasteiger partial charge in [0.25, 0.3) is 0 Å². The van der Waals surface area contributed by atoms with Crippen LogP contribution in [-0.4, -0.2) is 20.8 Å². The summed E-state index contributed by atoms with van der Waals surface area (Å²) in [5, 5.41) is 1.02. The number of thiazole rings is 1. The van der Waals surface area contributed by atoms with E-state index >= 15 is 0 Å². The molecule has 0 aliphatic rings. The molecule has 0 saturated heterocycles. The molecule has 6 heteroatoms. The summed E-state index contributed by atoms with van der Waals surface area (Å²) in [7, 11) is 1.94. The van der Waals surface area contributed by atoms with Crippen LogP contribution in [0, 0.1) is 10.9 Å². The number of fused-ring (bicyclic) bond motifs is 1. The summed E-state index contributed by atoms with van der Waals surface area (Å²) >= 11 is 8.41. The van der Waals surface area contributed by atoms with Gasteiger partial charge >= 0.3 is 0 Å². The van der Waals surface area contributed by atoms with E-state index in [1.165, 1.54) is 0 Å². The summed E-state index contributed by atoms with van der Waals surface area (Å²) in [6.07, 6.45) is 2.02. The molecule has 0 N–H and O–H groups in total. The van der Waals surface area contributed by atoms with E-state index in [0.29, 0.717) is 0 Å². The molecular weight excluding hydrogens is 234 g/mol. The van der Waals surface area contributed by atoms with Crippen LogP contribution in [0.25, 0.3) is 10.3 Å². The molecule has 3 nitrogen and oxygen atoms in total. The normalized spacial score (nSPS) is 11.1. The zero-order valence-corrected chi connectivity index (χ0v) is 10.5. The van der Waals surface area contributed by atoms with Crippen molar-refractivity contribution in [3.63, 3.8) is 0 Å². The number of hydrogen-bond acceptors (Lipinski definition) is 5. The van der Waals surface area contributed by atoms with E-state index in [9.17, 15) is 0 Å². The number of thioether (sulfide) groups is 1. The molecule has 0 bridgehead atoms. The molecule has 0 spiro atoms. The highest BCUT2D eigenvalue weighted by atomic mass is 32.2. The van der Waals surface area contributed by atoms with Crippen LogP contribution in [0.2, 0.25) is 0 Å². The molecule has 0 saturated carbocycles. The predicted octanol–water partition coefficient (Wildman–Crippen LogP) is 2.79. The van der Waals surface area contributed by atoms with Gasteiger partial charge in [0.05, 0.1) is 0 Å². The fourth-order valence-electron chi connectivity index (χ4n) is 1.22. The summed E-state index contributed by atoms with van der Waals surface area (Å²) in [4.78, 5) is 8.76. The average Bonchev–Trinajstić information content (AvgIpc) is 2.43. The highest BCUT2D eigenvalue weighted by molar-refractivity contribution is 7.98. The lowest BCUT2D eigenvalue weighted by atomic mass is 10.5. The van der Waals surface area contributed by atoms with E-state index in [4.69, 9.17) is 12.2 Å². The standard InChI is InChI=1S/C8H9N3S3/c1-4-9-6-5(7(10-4)13-3)14-8(12)11(6)2/h1-3H3. The minimum absolute atomic E-state index is 0.797. The van der Waals surface area contributed by atoms with Crippen LogP contribution in [0.4, 0.5) is 0 Å². The Hall–Kier alpha value is -0.460. The van der Waals surface area contributed by atoms with Crippen LogP contribution in [-0.2, 0) is 7.05 Å². The van der Waals surface area contributed by atoms with Gasteiger partial charge in [0.1, 0.15) is 15.6 Å². The van der Waals surface area contributed by atoms with Crippen LogP contribution in [0.5, 0.6) is 0 Å². The molecule has 0 aliphatic heterocycles. The molecule has 2 heterocycles. The summed E-state index contributed by atoms with van der Waals surface area (Å²) < 4.78 is 3.87. The Bertz CT molecular complexity index is 540. The van der Waals surface area contributed by atoms with Gasteiger partial charge in [-0.3, -0.25) is 0 Å². The zero-order valence-electron chi connectivity index (χ0n) is 8.07. The Morgan fingerprint density at radius 1 is 1.43 bits per heavy atom. The first-order valence-corrected chi connectivity index (χ1v) is 6.46. The molecule has 0 amide bonds. The lowest BCUT2D eigenvalue weighted by Gasteiger charge is -1.99. The van der Waals surface area contributed by atoms with E-state index in [1.54, 1.807) is 23.1 Å². The average molecular weight is 243 g/mol. The number of nitrogens with zero attached hydrogens (tertiary/aromatic N) is 3. The van der Waals surface area contributed by atoms with E-state index < -0.39 is 0 Å². The third kappa shape index (κ3) is 1.47. The lowest BCUT2D eigenvalue weighted by Crippen LogP contribution is -1.95. The minimum atomic E-state index is 0.797. The Balaban J connectivity index is 2.94. The molecule has 0 unspecified atom stereocenters. The molecule has 0 fully saturated rings. The Labute approximate surface area is 95.2 Å². The maximum Gasteiger partial charge on any atom is 0.163 e. The first-order chi connectivity index (χ1) is 6.63. The molecule has 0 radical (unpaired) electrons. The molecule has 0 aromatic carbocycles. The molecule has 74 valence electrons. The van der Waals surface area contributed by atoms with Gasteiger partial charge in [0, 0.05) is 7.05 Å². The van der Waals surface area contributed by atoms with Crippen molar-refractivity contribution in [3.05, 3.63) is 9.78 Å². The summed E-state index contributed by atoms with van der Waals surface area (Å²) in [6.45, 7) is 1.90. The monoisotopic (exact) mass is 243 g/mol. The van der Waals surface area contributed by atoms with Gasteiger partial charge in [-0.15, -0.1) is 23.1 Å². The van der Waals surface area contributed by atoms with Crippen molar-refractivity contribution >= 4 is 45.7 Å². The molecule has 0 atom stereocenters. The minimum Gasteiger partial charge on any atom is -0.311 e. The van der Waals surface area contributed by atoms with Crippen LogP contribution >= 0.6 is 35.3 Å². The third-order valence-electron chi connectivity index (χ3n) is 1.90. The number of rotatable bonds is 1. The SMILES string of the molecule is CSc1nc(C)nc2c1sc(=S)n2C. The quantitative estimate of drug-likeness (QED) is 0.438.